The highest BCUT2D eigenvalue weighted by atomic mass is 79.9. The Morgan fingerprint density at radius 1 is 1.32 bits per heavy atom. The number of para-hydroxylation sites is 1. The summed E-state index contributed by atoms with van der Waals surface area (Å²) in [4.78, 5) is 13.8. The van der Waals surface area contributed by atoms with Gasteiger partial charge in [-0.3, -0.25) is 9.69 Å². The fraction of sp³-hybridized carbons (Fsp3) is 0.214. The molecule has 0 aliphatic rings. The molecule has 0 fully saturated rings. The van der Waals surface area contributed by atoms with Gasteiger partial charge in [0.2, 0.25) is 5.91 Å². The molecule has 0 saturated heterocycles. The molecule has 4 nitrogen and oxygen atoms in total. The molecule has 0 unspecified atom stereocenters. The summed E-state index contributed by atoms with van der Waals surface area (Å²) in [6.07, 6.45) is 1.63. The molecule has 5 heteroatoms. The maximum Gasteiger partial charge on any atom is 0.238 e. The standard InChI is InChI=1S/C14H15BrN2O2/c1-17(9-11-5-4-8-19-11)10-14(18)16-13-7-3-2-6-12(13)15/h2-8H,9-10H2,1H3,(H,16,18). The summed E-state index contributed by atoms with van der Waals surface area (Å²) in [5.74, 6) is 0.789. The number of nitrogens with zero attached hydrogens (tertiary/aromatic N) is 1. The van der Waals surface area contributed by atoms with Crippen molar-refractivity contribution in [2.75, 3.05) is 18.9 Å². The van der Waals surface area contributed by atoms with Crippen molar-refractivity contribution in [3.8, 4) is 0 Å². The molecule has 1 aromatic heterocycles. The molecule has 0 atom stereocenters. The number of likely N-dealkylation sites (N-methyl/N-ethyl adjacent to an activating group) is 1. The van der Waals surface area contributed by atoms with E-state index in [0.717, 1.165) is 15.9 Å². The predicted octanol–water partition coefficient (Wildman–Crippen LogP) is 3.11. The van der Waals surface area contributed by atoms with Gasteiger partial charge in [0.05, 0.1) is 25.0 Å². The lowest BCUT2D eigenvalue weighted by Gasteiger charge is -2.15. The Morgan fingerprint density at radius 3 is 2.79 bits per heavy atom. The molecule has 0 bridgehead atoms. The molecule has 100 valence electrons. The van der Waals surface area contributed by atoms with Crippen molar-refractivity contribution in [2.24, 2.45) is 0 Å². The van der Waals surface area contributed by atoms with Crippen LogP contribution in [-0.4, -0.2) is 24.4 Å². The number of carbonyl (C=O) groups is 1. The zero-order valence-corrected chi connectivity index (χ0v) is 12.2. The zero-order chi connectivity index (χ0) is 13.7. The van der Waals surface area contributed by atoms with Gasteiger partial charge in [-0.25, -0.2) is 0 Å². The highest BCUT2D eigenvalue weighted by molar-refractivity contribution is 9.10. The molecule has 0 radical (unpaired) electrons. The molecule has 0 spiro atoms. The van der Waals surface area contributed by atoms with Gasteiger partial charge in [-0.2, -0.15) is 0 Å². The number of rotatable bonds is 5. The molecular formula is C14H15BrN2O2. The highest BCUT2D eigenvalue weighted by Gasteiger charge is 2.09. The maximum absolute atomic E-state index is 11.9. The number of anilines is 1. The monoisotopic (exact) mass is 322 g/mol. The second-order valence-corrected chi connectivity index (χ2v) is 5.13. The molecule has 2 aromatic rings. The first-order valence-electron chi connectivity index (χ1n) is 5.90. The second kappa shape index (κ2) is 6.54. The van der Waals surface area contributed by atoms with Crippen LogP contribution >= 0.6 is 15.9 Å². The van der Waals surface area contributed by atoms with Crippen LogP contribution in [-0.2, 0) is 11.3 Å². The minimum absolute atomic E-state index is 0.0547. The molecule has 0 aliphatic heterocycles. The van der Waals surface area contributed by atoms with Crippen LogP contribution in [0.15, 0.2) is 51.6 Å². The largest absolute Gasteiger partial charge is 0.468 e. The van der Waals surface area contributed by atoms with Crippen LogP contribution < -0.4 is 5.32 Å². The number of furan rings is 1. The number of amides is 1. The van der Waals surface area contributed by atoms with Gasteiger partial charge in [-0.1, -0.05) is 12.1 Å². The normalized spacial score (nSPS) is 10.7. The number of carbonyl (C=O) groups excluding carboxylic acids is 1. The van der Waals surface area contributed by atoms with E-state index in [2.05, 4.69) is 21.2 Å². The lowest BCUT2D eigenvalue weighted by atomic mass is 10.3. The first-order valence-corrected chi connectivity index (χ1v) is 6.70. The van der Waals surface area contributed by atoms with Gasteiger partial charge in [-0.15, -0.1) is 0 Å². The summed E-state index contributed by atoms with van der Waals surface area (Å²) in [7, 11) is 1.88. The number of hydrogen-bond donors (Lipinski definition) is 1. The molecule has 0 saturated carbocycles. The topological polar surface area (TPSA) is 45.5 Å². The van der Waals surface area contributed by atoms with Crippen molar-refractivity contribution in [1.82, 2.24) is 4.90 Å². The third-order valence-corrected chi connectivity index (χ3v) is 3.26. The van der Waals surface area contributed by atoms with Crippen molar-refractivity contribution in [2.45, 2.75) is 6.54 Å². The zero-order valence-electron chi connectivity index (χ0n) is 10.6. The van der Waals surface area contributed by atoms with E-state index in [1.165, 1.54) is 0 Å². The van der Waals surface area contributed by atoms with Gasteiger partial charge in [-0.05, 0) is 47.2 Å². The molecule has 1 amide bonds. The van der Waals surface area contributed by atoms with Gasteiger partial charge >= 0.3 is 0 Å². The van der Waals surface area contributed by atoms with E-state index in [1.54, 1.807) is 6.26 Å². The molecule has 19 heavy (non-hydrogen) atoms. The average molecular weight is 323 g/mol. The number of nitrogens with one attached hydrogen (secondary N) is 1. The summed E-state index contributed by atoms with van der Waals surface area (Å²) in [6, 6.07) is 11.3. The second-order valence-electron chi connectivity index (χ2n) is 4.28. The summed E-state index contributed by atoms with van der Waals surface area (Å²) in [5, 5.41) is 2.86. The van der Waals surface area contributed by atoms with E-state index in [0.29, 0.717) is 13.1 Å². The fourth-order valence-corrected chi connectivity index (χ4v) is 2.11. The van der Waals surface area contributed by atoms with Crippen LogP contribution in [0.4, 0.5) is 5.69 Å². The average Bonchev–Trinajstić information content (AvgIpc) is 2.84. The van der Waals surface area contributed by atoms with Gasteiger partial charge in [0.15, 0.2) is 0 Å². The smallest absolute Gasteiger partial charge is 0.238 e. The number of benzene rings is 1. The van der Waals surface area contributed by atoms with Gasteiger partial charge in [0.1, 0.15) is 5.76 Å². The van der Waals surface area contributed by atoms with Crippen LogP contribution in [0.5, 0.6) is 0 Å². The Bertz CT molecular complexity index is 540. The van der Waals surface area contributed by atoms with Crippen molar-refractivity contribution in [3.05, 3.63) is 52.9 Å². The lowest BCUT2D eigenvalue weighted by molar-refractivity contribution is -0.117. The Hall–Kier alpha value is -1.59. The Morgan fingerprint density at radius 2 is 2.11 bits per heavy atom. The summed E-state index contributed by atoms with van der Waals surface area (Å²) in [5.41, 5.74) is 0.777. The van der Waals surface area contributed by atoms with Gasteiger partial charge in [0.25, 0.3) is 0 Å². The van der Waals surface area contributed by atoms with E-state index in [4.69, 9.17) is 4.42 Å². The van der Waals surface area contributed by atoms with Crippen molar-refractivity contribution < 1.29 is 9.21 Å². The number of hydrogen-bond acceptors (Lipinski definition) is 3. The lowest BCUT2D eigenvalue weighted by Crippen LogP contribution is -2.29. The quantitative estimate of drug-likeness (QED) is 0.920. The van der Waals surface area contributed by atoms with Crippen molar-refractivity contribution >= 4 is 27.5 Å². The molecule has 1 heterocycles. The molecular weight excluding hydrogens is 308 g/mol. The molecule has 1 N–H and O–H groups in total. The van der Waals surface area contributed by atoms with Crippen LogP contribution in [0, 0.1) is 0 Å². The van der Waals surface area contributed by atoms with E-state index in [1.807, 2.05) is 48.3 Å². The summed E-state index contributed by atoms with van der Waals surface area (Å²) in [6.45, 7) is 0.915. The molecule has 1 aromatic carbocycles. The first-order chi connectivity index (χ1) is 9.15. The summed E-state index contributed by atoms with van der Waals surface area (Å²) < 4.78 is 6.11. The Balaban J connectivity index is 1.86. The minimum Gasteiger partial charge on any atom is -0.468 e. The Kier molecular flexibility index (Phi) is 4.76. The van der Waals surface area contributed by atoms with Crippen LogP contribution in [0.25, 0.3) is 0 Å². The molecule has 0 aliphatic carbocycles. The fourth-order valence-electron chi connectivity index (χ4n) is 1.72. The van der Waals surface area contributed by atoms with E-state index >= 15 is 0 Å². The SMILES string of the molecule is CN(CC(=O)Nc1ccccc1Br)Cc1ccco1. The van der Waals surface area contributed by atoms with Crippen molar-refractivity contribution in [3.63, 3.8) is 0 Å². The highest BCUT2D eigenvalue weighted by Crippen LogP contribution is 2.20. The van der Waals surface area contributed by atoms with Crippen LogP contribution in [0.2, 0.25) is 0 Å². The third kappa shape index (κ3) is 4.22. The van der Waals surface area contributed by atoms with Crippen molar-refractivity contribution in [1.29, 1.82) is 0 Å². The van der Waals surface area contributed by atoms with E-state index in [-0.39, 0.29) is 5.91 Å². The minimum atomic E-state index is -0.0547. The van der Waals surface area contributed by atoms with E-state index in [9.17, 15) is 4.79 Å². The van der Waals surface area contributed by atoms with Crippen LogP contribution in [0.1, 0.15) is 5.76 Å². The predicted molar refractivity (Wildman–Crippen MR) is 77.8 cm³/mol. The maximum atomic E-state index is 11.9. The van der Waals surface area contributed by atoms with Gasteiger partial charge < -0.3 is 9.73 Å². The van der Waals surface area contributed by atoms with Crippen LogP contribution in [0.3, 0.4) is 0 Å². The Labute approximate surface area is 120 Å². The van der Waals surface area contributed by atoms with E-state index < -0.39 is 0 Å². The molecule has 2 rings (SSSR count). The third-order valence-electron chi connectivity index (χ3n) is 2.57. The first kappa shape index (κ1) is 13.8. The summed E-state index contributed by atoms with van der Waals surface area (Å²) >= 11 is 3.40. The number of halogens is 1. The van der Waals surface area contributed by atoms with Gasteiger partial charge in [0, 0.05) is 4.47 Å².